The van der Waals surface area contributed by atoms with E-state index in [4.69, 9.17) is 9.15 Å². The SMILES string of the molecule is C1=CC(NC2=CC=C(c3ccc4oc5ccccc5c4c3)CC2)=C2c3ccccc3OC2C1. The van der Waals surface area contributed by atoms with E-state index in [0.717, 1.165) is 41.9 Å². The van der Waals surface area contributed by atoms with Crippen LogP contribution in [0.5, 0.6) is 5.75 Å². The Balaban J connectivity index is 1.20. The number of nitrogens with one attached hydrogen (secondary N) is 1. The highest BCUT2D eigenvalue weighted by Crippen LogP contribution is 2.42. The van der Waals surface area contributed by atoms with E-state index < -0.39 is 0 Å². The number of benzene rings is 3. The lowest BCUT2D eigenvalue weighted by atomic mass is 9.92. The highest BCUT2D eigenvalue weighted by Gasteiger charge is 2.32. The number of furan rings is 1. The molecule has 2 heterocycles. The van der Waals surface area contributed by atoms with Crippen LogP contribution in [0.2, 0.25) is 0 Å². The summed E-state index contributed by atoms with van der Waals surface area (Å²) in [6.07, 6.45) is 11.9. The van der Waals surface area contributed by atoms with E-state index in [0.29, 0.717) is 0 Å². The zero-order valence-electron chi connectivity index (χ0n) is 18.2. The number of hydrogen-bond donors (Lipinski definition) is 1. The van der Waals surface area contributed by atoms with Gasteiger partial charge in [0.1, 0.15) is 23.0 Å². The molecule has 1 N–H and O–H groups in total. The molecule has 4 aromatic rings. The predicted octanol–water partition coefficient (Wildman–Crippen LogP) is 7.37. The molecule has 0 spiro atoms. The number of fused-ring (bicyclic) bond motifs is 6. The van der Waals surface area contributed by atoms with Gasteiger partial charge >= 0.3 is 0 Å². The van der Waals surface area contributed by atoms with E-state index in [1.165, 1.54) is 38.7 Å². The first-order valence-corrected chi connectivity index (χ1v) is 11.6. The summed E-state index contributed by atoms with van der Waals surface area (Å²) in [4.78, 5) is 0. The fourth-order valence-electron chi connectivity index (χ4n) is 5.25. The van der Waals surface area contributed by atoms with Gasteiger partial charge in [0.05, 0.1) is 0 Å². The number of allylic oxidation sites excluding steroid dienone is 5. The van der Waals surface area contributed by atoms with Crippen molar-refractivity contribution in [3.63, 3.8) is 0 Å². The van der Waals surface area contributed by atoms with Crippen molar-refractivity contribution in [3.05, 3.63) is 114 Å². The van der Waals surface area contributed by atoms with Gasteiger partial charge in [-0.25, -0.2) is 0 Å². The quantitative estimate of drug-likeness (QED) is 0.369. The summed E-state index contributed by atoms with van der Waals surface area (Å²) < 4.78 is 12.2. The molecule has 0 saturated heterocycles. The van der Waals surface area contributed by atoms with E-state index in [1.807, 2.05) is 18.2 Å². The molecule has 1 unspecified atom stereocenters. The number of hydrogen-bond acceptors (Lipinski definition) is 3. The molecule has 3 aliphatic rings. The zero-order valence-corrected chi connectivity index (χ0v) is 18.2. The van der Waals surface area contributed by atoms with Crippen molar-refractivity contribution >= 4 is 33.1 Å². The molecule has 0 bridgehead atoms. The summed E-state index contributed by atoms with van der Waals surface area (Å²) in [5.74, 6) is 0.988. The Morgan fingerprint density at radius 1 is 0.818 bits per heavy atom. The Morgan fingerprint density at radius 2 is 1.70 bits per heavy atom. The highest BCUT2D eigenvalue weighted by atomic mass is 16.5. The van der Waals surface area contributed by atoms with Gasteiger partial charge in [-0.05, 0) is 60.4 Å². The Bertz CT molecular complexity index is 1550. The van der Waals surface area contributed by atoms with Crippen molar-refractivity contribution in [2.75, 3.05) is 0 Å². The summed E-state index contributed by atoms with van der Waals surface area (Å²) in [6.45, 7) is 0. The molecule has 3 aromatic carbocycles. The molecule has 7 rings (SSSR count). The third-order valence-corrected chi connectivity index (χ3v) is 6.89. The van der Waals surface area contributed by atoms with Crippen molar-refractivity contribution in [1.82, 2.24) is 5.32 Å². The molecule has 0 radical (unpaired) electrons. The second-order valence-electron chi connectivity index (χ2n) is 8.89. The van der Waals surface area contributed by atoms with Crippen molar-refractivity contribution in [2.45, 2.75) is 25.4 Å². The van der Waals surface area contributed by atoms with Gasteiger partial charge in [0.2, 0.25) is 0 Å². The first-order chi connectivity index (χ1) is 16.3. The second kappa shape index (κ2) is 7.28. The van der Waals surface area contributed by atoms with Gasteiger partial charge in [-0.1, -0.05) is 54.6 Å². The number of rotatable bonds is 3. The van der Waals surface area contributed by atoms with Crippen LogP contribution in [-0.4, -0.2) is 6.10 Å². The fourth-order valence-corrected chi connectivity index (χ4v) is 5.25. The Hall–Kier alpha value is -3.98. The molecule has 0 amide bonds. The Morgan fingerprint density at radius 3 is 2.64 bits per heavy atom. The molecule has 1 aromatic heterocycles. The fraction of sp³-hybridized carbons (Fsp3) is 0.133. The molecular weight excluding hydrogens is 406 g/mol. The molecule has 160 valence electrons. The van der Waals surface area contributed by atoms with Gasteiger partial charge in [0.25, 0.3) is 0 Å². The van der Waals surface area contributed by atoms with E-state index in [1.54, 1.807) is 0 Å². The van der Waals surface area contributed by atoms with Crippen molar-refractivity contribution in [2.24, 2.45) is 0 Å². The van der Waals surface area contributed by atoms with Crippen LogP contribution in [0.1, 0.15) is 30.4 Å². The first kappa shape index (κ1) is 18.6. The molecule has 0 fully saturated rings. The number of ether oxygens (including phenoxy) is 1. The lowest BCUT2D eigenvalue weighted by molar-refractivity contribution is 0.278. The molecule has 1 aliphatic heterocycles. The molecule has 2 aliphatic carbocycles. The third kappa shape index (κ3) is 3.04. The van der Waals surface area contributed by atoms with Crippen LogP contribution in [-0.2, 0) is 0 Å². The zero-order chi connectivity index (χ0) is 21.8. The summed E-state index contributed by atoms with van der Waals surface area (Å²) in [7, 11) is 0. The third-order valence-electron chi connectivity index (χ3n) is 6.89. The van der Waals surface area contributed by atoms with Crippen LogP contribution in [0.3, 0.4) is 0 Å². The highest BCUT2D eigenvalue weighted by molar-refractivity contribution is 6.05. The second-order valence-corrected chi connectivity index (χ2v) is 8.89. The molecule has 33 heavy (non-hydrogen) atoms. The topological polar surface area (TPSA) is 34.4 Å². The van der Waals surface area contributed by atoms with Crippen LogP contribution in [0.25, 0.3) is 33.1 Å². The molecule has 3 nitrogen and oxygen atoms in total. The largest absolute Gasteiger partial charge is 0.485 e. The number of para-hydroxylation sites is 2. The van der Waals surface area contributed by atoms with Gasteiger partial charge < -0.3 is 14.5 Å². The van der Waals surface area contributed by atoms with Crippen LogP contribution in [0.15, 0.2) is 107 Å². The Kier molecular flexibility index (Phi) is 4.10. The van der Waals surface area contributed by atoms with Crippen molar-refractivity contribution in [1.29, 1.82) is 0 Å². The minimum atomic E-state index is 0.113. The lowest BCUT2D eigenvalue weighted by Gasteiger charge is -2.22. The summed E-state index contributed by atoms with van der Waals surface area (Å²) >= 11 is 0. The average molecular weight is 430 g/mol. The van der Waals surface area contributed by atoms with E-state index in [9.17, 15) is 0 Å². The lowest BCUT2D eigenvalue weighted by Crippen LogP contribution is -2.22. The van der Waals surface area contributed by atoms with Gasteiger partial charge in [0, 0.05) is 39.7 Å². The maximum atomic E-state index is 6.18. The first-order valence-electron chi connectivity index (χ1n) is 11.6. The standard InChI is InChI=1S/C30H23NO2/c1-3-9-26-22(6-1)24-18-20(14-17-28(24)32-26)19-12-15-21(16-13-19)31-25-8-5-11-29-30(25)23-7-2-4-10-27(23)33-29/h1-10,12,14-15,17-18,29,31H,11,13,16H2. The maximum absolute atomic E-state index is 6.18. The predicted molar refractivity (Wildman–Crippen MR) is 134 cm³/mol. The molecule has 3 heteroatoms. The van der Waals surface area contributed by atoms with Gasteiger partial charge in [0.15, 0.2) is 0 Å². The van der Waals surface area contributed by atoms with Gasteiger partial charge in [-0.3, -0.25) is 0 Å². The monoisotopic (exact) mass is 429 g/mol. The van der Waals surface area contributed by atoms with Crippen LogP contribution in [0.4, 0.5) is 0 Å². The van der Waals surface area contributed by atoms with Gasteiger partial charge in [-0.2, -0.15) is 0 Å². The van der Waals surface area contributed by atoms with E-state index in [2.05, 4.69) is 78.2 Å². The summed E-state index contributed by atoms with van der Waals surface area (Å²) in [6, 6.07) is 23.1. The van der Waals surface area contributed by atoms with Crippen molar-refractivity contribution < 1.29 is 9.15 Å². The normalized spacial score (nSPS) is 19.2. The van der Waals surface area contributed by atoms with Crippen molar-refractivity contribution in [3.8, 4) is 5.75 Å². The van der Waals surface area contributed by atoms with Gasteiger partial charge in [-0.15, -0.1) is 0 Å². The molecular formula is C30H23NO2. The smallest absolute Gasteiger partial charge is 0.135 e. The molecule has 1 atom stereocenters. The minimum Gasteiger partial charge on any atom is -0.485 e. The summed E-state index contributed by atoms with van der Waals surface area (Å²) in [5, 5.41) is 6.06. The van der Waals surface area contributed by atoms with Crippen LogP contribution in [0, 0.1) is 0 Å². The minimum absolute atomic E-state index is 0.113. The van der Waals surface area contributed by atoms with E-state index >= 15 is 0 Å². The Labute approximate surface area is 192 Å². The van der Waals surface area contributed by atoms with E-state index in [-0.39, 0.29) is 6.10 Å². The molecule has 0 saturated carbocycles. The van der Waals surface area contributed by atoms with Crippen LogP contribution < -0.4 is 10.1 Å². The summed E-state index contributed by atoms with van der Waals surface area (Å²) in [5.41, 5.74) is 9.40. The maximum Gasteiger partial charge on any atom is 0.135 e. The van der Waals surface area contributed by atoms with Crippen LogP contribution >= 0.6 is 0 Å². The average Bonchev–Trinajstić information content (AvgIpc) is 3.43.